The van der Waals surface area contributed by atoms with E-state index in [0.717, 1.165) is 19.0 Å². The Morgan fingerprint density at radius 2 is 2.00 bits per heavy atom. The van der Waals surface area contributed by atoms with Crippen LogP contribution < -0.4 is 11.1 Å². The summed E-state index contributed by atoms with van der Waals surface area (Å²) in [6.07, 6.45) is 5.46. The molecule has 1 saturated carbocycles. The SMILES string of the molecule is NCC(CCC1CC1)NCc1ccccc1. The standard InChI is InChI=1S/C14H22N2/c15-10-14(9-8-12-6-7-12)16-11-13-4-2-1-3-5-13/h1-5,12,14,16H,6-11,15H2. The molecular formula is C14H22N2. The van der Waals surface area contributed by atoms with Gasteiger partial charge in [0.2, 0.25) is 0 Å². The fourth-order valence-electron chi connectivity index (χ4n) is 2.00. The predicted octanol–water partition coefficient (Wildman–Crippen LogP) is 2.29. The van der Waals surface area contributed by atoms with E-state index in [0.29, 0.717) is 6.04 Å². The summed E-state index contributed by atoms with van der Waals surface area (Å²) in [5, 5.41) is 3.54. The average Bonchev–Trinajstić information content (AvgIpc) is 3.15. The van der Waals surface area contributed by atoms with Gasteiger partial charge in [-0.25, -0.2) is 0 Å². The second kappa shape index (κ2) is 6.02. The quantitative estimate of drug-likeness (QED) is 0.737. The van der Waals surface area contributed by atoms with Gasteiger partial charge in [-0.1, -0.05) is 43.2 Å². The summed E-state index contributed by atoms with van der Waals surface area (Å²) in [4.78, 5) is 0. The number of rotatable bonds is 7. The monoisotopic (exact) mass is 218 g/mol. The number of benzene rings is 1. The Balaban J connectivity index is 1.69. The molecule has 88 valence electrons. The third-order valence-corrected chi connectivity index (χ3v) is 3.34. The van der Waals surface area contributed by atoms with E-state index in [4.69, 9.17) is 5.73 Å². The molecule has 2 nitrogen and oxygen atoms in total. The highest BCUT2D eigenvalue weighted by Gasteiger charge is 2.21. The van der Waals surface area contributed by atoms with Crippen molar-refractivity contribution in [2.75, 3.05) is 6.54 Å². The van der Waals surface area contributed by atoms with Gasteiger partial charge >= 0.3 is 0 Å². The van der Waals surface area contributed by atoms with Gasteiger partial charge in [-0.3, -0.25) is 0 Å². The molecule has 3 N–H and O–H groups in total. The first kappa shape index (κ1) is 11.6. The molecule has 0 aliphatic heterocycles. The van der Waals surface area contributed by atoms with Gasteiger partial charge in [0, 0.05) is 19.1 Å². The van der Waals surface area contributed by atoms with Crippen LogP contribution in [0.4, 0.5) is 0 Å². The molecular weight excluding hydrogens is 196 g/mol. The van der Waals surface area contributed by atoms with E-state index in [9.17, 15) is 0 Å². The maximum Gasteiger partial charge on any atom is 0.0208 e. The Bertz CT molecular complexity index is 293. The van der Waals surface area contributed by atoms with Gasteiger partial charge < -0.3 is 11.1 Å². The van der Waals surface area contributed by atoms with Crippen molar-refractivity contribution in [3.8, 4) is 0 Å². The summed E-state index contributed by atoms with van der Waals surface area (Å²) < 4.78 is 0. The van der Waals surface area contributed by atoms with Crippen molar-refractivity contribution in [1.29, 1.82) is 0 Å². The van der Waals surface area contributed by atoms with Gasteiger partial charge in [0.05, 0.1) is 0 Å². The lowest BCUT2D eigenvalue weighted by Crippen LogP contribution is -2.35. The fourth-order valence-corrected chi connectivity index (χ4v) is 2.00. The molecule has 1 aromatic carbocycles. The van der Waals surface area contributed by atoms with Crippen LogP contribution in [0.3, 0.4) is 0 Å². The van der Waals surface area contributed by atoms with Gasteiger partial charge in [-0.15, -0.1) is 0 Å². The summed E-state index contributed by atoms with van der Waals surface area (Å²) >= 11 is 0. The Hall–Kier alpha value is -0.860. The number of hydrogen-bond donors (Lipinski definition) is 2. The van der Waals surface area contributed by atoms with Crippen LogP contribution in [-0.4, -0.2) is 12.6 Å². The fraction of sp³-hybridized carbons (Fsp3) is 0.571. The molecule has 0 radical (unpaired) electrons. The minimum Gasteiger partial charge on any atom is -0.329 e. The number of nitrogens with two attached hydrogens (primary N) is 1. The Labute approximate surface area is 98.2 Å². The molecule has 0 bridgehead atoms. The van der Waals surface area contributed by atoms with Crippen molar-refractivity contribution < 1.29 is 0 Å². The third kappa shape index (κ3) is 3.95. The molecule has 1 aliphatic carbocycles. The van der Waals surface area contributed by atoms with Crippen LogP contribution >= 0.6 is 0 Å². The molecule has 1 aromatic rings. The van der Waals surface area contributed by atoms with Crippen molar-refractivity contribution >= 4 is 0 Å². The second-order valence-corrected chi connectivity index (χ2v) is 4.82. The summed E-state index contributed by atoms with van der Waals surface area (Å²) in [7, 11) is 0. The molecule has 1 aliphatic rings. The van der Waals surface area contributed by atoms with Gasteiger partial charge in [0.25, 0.3) is 0 Å². The van der Waals surface area contributed by atoms with Crippen molar-refractivity contribution in [3.63, 3.8) is 0 Å². The van der Waals surface area contributed by atoms with Crippen LogP contribution in [0.1, 0.15) is 31.2 Å². The largest absolute Gasteiger partial charge is 0.329 e. The van der Waals surface area contributed by atoms with Gasteiger partial charge in [0.1, 0.15) is 0 Å². The van der Waals surface area contributed by atoms with Gasteiger partial charge in [0.15, 0.2) is 0 Å². The highest BCUT2D eigenvalue weighted by atomic mass is 14.9. The minimum absolute atomic E-state index is 0.487. The smallest absolute Gasteiger partial charge is 0.0208 e. The van der Waals surface area contributed by atoms with E-state index in [1.807, 2.05) is 0 Å². The van der Waals surface area contributed by atoms with Crippen LogP contribution in [0.5, 0.6) is 0 Å². The molecule has 0 aromatic heterocycles. The lowest BCUT2D eigenvalue weighted by atomic mass is 10.1. The highest BCUT2D eigenvalue weighted by Crippen LogP contribution is 2.33. The van der Waals surface area contributed by atoms with Crippen LogP contribution in [-0.2, 0) is 6.54 Å². The van der Waals surface area contributed by atoms with Crippen LogP contribution in [0.2, 0.25) is 0 Å². The van der Waals surface area contributed by atoms with Crippen LogP contribution in [0, 0.1) is 5.92 Å². The molecule has 16 heavy (non-hydrogen) atoms. The van der Waals surface area contributed by atoms with Crippen LogP contribution in [0.25, 0.3) is 0 Å². The maximum atomic E-state index is 5.78. The third-order valence-electron chi connectivity index (χ3n) is 3.34. The summed E-state index contributed by atoms with van der Waals surface area (Å²) in [5.74, 6) is 1.01. The lowest BCUT2D eigenvalue weighted by Gasteiger charge is -2.16. The molecule has 1 atom stereocenters. The van der Waals surface area contributed by atoms with Gasteiger partial charge in [-0.05, 0) is 24.3 Å². The van der Waals surface area contributed by atoms with Crippen LogP contribution in [0.15, 0.2) is 30.3 Å². The van der Waals surface area contributed by atoms with E-state index in [1.165, 1.54) is 31.2 Å². The zero-order valence-electron chi connectivity index (χ0n) is 9.86. The zero-order valence-corrected chi connectivity index (χ0v) is 9.86. The molecule has 0 saturated heterocycles. The lowest BCUT2D eigenvalue weighted by molar-refractivity contribution is 0.460. The first-order valence-electron chi connectivity index (χ1n) is 6.36. The Morgan fingerprint density at radius 3 is 2.62 bits per heavy atom. The molecule has 0 heterocycles. The maximum absolute atomic E-state index is 5.78. The normalized spacial score (nSPS) is 17.3. The Kier molecular flexibility index (Phi) is 4.37. The molecule has 2 rings (SSSR count). The minimum atomic E-state index is 0.487. The second-order valence-electron chi connectivity index (χ2n) is 4.82. The number of hydrogen-bond acceptors (Lipinski definition) is 2. The molecule has 2 heteroatoms. The molecule has 1 fully saturated rings. The molecule has 0 amide bonds. The zero-order chi connectivity index (χ0) is 11.2. The van der Waals surface area contributed by atoms with Crippen molar-refractivity contribution in [2.45, 2.75) is 38.3 Å². The summed E-state index contributed by atoms with van der Waals surface area (Å²) in [6.45, 7) is 1.69. The van der Waals surface area contributed by atoms with Crippen molar-refractivity contribution in [3.05, 3.63) is 35.9 Å². The van der Waals surface area contributed by atoms with Crippen molar-refractivity contribution in [2.24, 2.45) is 11.7 Å². The number of nitrogens with one attached hydrogen (secondary N) is 1. The van der Waals surface area contributed by atoms with E-state index < -0.39 is 0 Å². The van der Waals surface area contributed by atoms with E-state index in [1.54, 1.807) is 0 Å². The predicted molar refractivity (Wildman–Crippen MR) is 68.1 cm³/mol. The highest BCUT2D eigenvalue weighted by molar-refractivity contribution is 5.14. The van der Waals surface area contributed by atoms with E-state index >= 15 is 0 Å². The van der Waals surface area contributed by atoms with E-state index in [-0.39, 0.29) is 0 Å². The first-order valence-corrected chi connectivity index (χ1v) is 6.36. The van der Waals surface area contributed by atoms with Gasteiger partial charge in [-0.2, -0.15) is 0 Å². The first-order chi connectivity index (χ1) is 7.88. The summed E-state index contributed by atoms with van der Waals surface area (Å²) in [5.41, 5.74) is 7.12. The van der Waals surface area contributed by atoms with E-state index in [2.05, 4.69) is 35.6 Å². The molecule has 1 unspecified atom stereocenters. The summed E-state index contributed by atoms with van der Waals surface area (Å²) in [6, 6.07) is 11.0. The molecule has 0 spiro atoms. The van der Waals surface area contributed by atoms with Crippen molar-refractivity contribution in [1.82, 2.24) is 5.32 Å². The Morgan fingerprint density at radius 1 is 1.25 bits per heavy atom. The average molecular weight is 218 g/mol. The topological polar surface area (TPSA) is 38.0 Å².